The Morgan fingerprint density at radius 1 is 0.967 bits per heavy atom. The van der Waals surface area contributed by atoms with E-state index in [1.807, 2.05) is 0 Å². The van der Waals surface area contributed by atoms with Crippen LogP contribution < -0.4 is 5.32 Å². The van der Waals surface area contributed by atoms with Gasteiger partial charge in [-0.05, 0) is 41.8 Å². The predicted molar refractivity (Wildman–Crippen MR) is 106 cm³/mol. The fraction of sp³-hybridized carbons (Fsp3) is 0.227. The molecule has 0 saturated heterocycles. The molecule has 0 saturated carbocycles. The minimum Gasteiger partial charge on any atom is -0.347 e. The van der Waals surface area contributed by atoms with Crippen LogP contribution in [0.1, 0.15) is 38.5 Å². The molecule has 0 fully saturated rings. The zero-order valence-corrected chi connectivity index (χ0v) is 16.1. The quantitative estimate of drug-likeness (QED) is 0.703. The molecule has 2 amide bonds. The van der Waals surface area contributed by atoms with Crippen LogP contribution in [0.4, 0.5) is 8.78 Å². The summed E-state index contributed by atoms with van der Waals surface area (Å²) in [6, 6.07) is 13.4. The molecule has 1 aliphatic rings. The Labute approximate surface area is 172 Å². The van der Waals surface area contributed by atoms with E-state index in [1.54, 1.807) is 33.8 Å². The largest absolute Gasteiger partial charge is 0.347 e. The summed E-state index contributed by atoms with van der Waals surface area (Å²) in [5.41, 5.74) is 2.09. The van der Waals surface area contributed by atoms with Crippen LogP contribution in [0.25, 0.3) is 0 Å². The van der Waals surface area contributed by atoms with E-state index < -0.39 is 5.91 Å². The van der Waals surface area contributed by atoms with E-state index in [-0.39, 0.29) is 29.8 Å². The zero-order chi connectivity index (χ0) is 21.1. The monoisotopic (exact) mass is 410 g/mol. The normalized spacial score (nSPS) is 13.7. The lowest BCUT2D eigenvalue weighted by Gasteiger charge is -2.20. The van der Waals surface area contributed by atoms with Crippen LogP contribution in [0.15, 0.2) is 54.6 Å². The molecule has 0 aliphatic carbocycles. The number of hydrogen-bond donors (Lipinski definition) is 1. The van der Waals surface area contributed by atoms with Crippen molar-refractivity contribution in [3.8, 4) is 0 Å². The van der Waals surface area contributed by atoms with E-state index in [2.05, 4.69) is 10.4 Å². The minimum atomic E-state index is -0.405. The Morgan fingerprint density at radius 3 is 2.27 bits per heavy atom. The van der Waals surface area contributed by atoms with Gasteiger partial charge < -0.3 is 10.2 Å². The fourth-order valence-electron chi connectivity index (χ4n) is 3.38. The van der Waals surface area contributed by atoms with Gasteiger partial charge in [0.05, 0.1) is 0 Å². The lowest BCUT2D eigenvalue weighted by Crippen LogP contribution is -2.30. The van der Waals surface area contributed by atoms with Gasteiger partial charge in [-0.3, -0.25) is 14.3 Å². The maximum Gasteiger partial charge on any atom is 0.272 e. The second-order valence-electron chi connectivity index (χ2n) is 7.15. The van der Waals surface area contributed by atoms with Gasteiger partial charge in [0.1, 0.15) is 17.3 Å². The van der Waals surface area contributed by atoms with Gasteiger partial charge >= 0.3 is 0 Å². The second kappa shape index (κ2) is 8.44. The lowest BCUT2D eigenvalue weighted by molar-refractivity contribution is 0.0745. The number of fused-ring (bicyclic) bond motifs is 1. The summed E-state index contributed by atoms with van der Waals surface area (Å²) in [6.07, 6.45) is 0.693. The van der Waals surface area contributed by atoms with Crippen LogP contribution in [0.5, 0.6) is 0 Å². The van der Waals surface area contributed by atoms with Gasteiger partial charge in [0.2, 0.25) is 0 Å². The number of carbonyl (C=O) groups excluding carboxylic acids is 2. The molecule has 0 bridgehead atoms. The number of amides is 2. The first kappa shape index (κ1) is 19.8. The number of nitrogens with zero attached hydrogens (tertiary/aromatic N) is 3. The number of aryl methyl sites for hydroxylation is 1. The second-order valence-corrected chi connectivity index (χ2v) is 7.15. The van der Waals surface area contributed by atoms with Gasteiger partial charge in [-0.15, -0.1) is 0 Å². The van der Waals surface area contributed by atoms with E-state index in [4.69, 9.17) is 0 Å². The van der Waals surface area contributed by atoms with Crippen molar-refractivity contribution in [1.82, 2.24) is 20.0 Å². The minimum absolute atomic E-state index is 0.157. The van der Waals surface area contributed by atoms with Gasteiger partial charge in [-0.1, -0.05) is 24.3 Å². The number of hydrogen-bond acceptors (Lipinski definition) is 3. The number of halogens is 2. The van der Waals surface area contributed by atoms with Crippen molar-refractivity contribution in [2.75, 3.05) is 6.54 Å². The number of benzene rings is 2. The van der Waals surface area contributed by atoms with Gasteiger partial charge in [0.25, 0.3) is 11.8 Å². The van der Waals surface area contributed by atoms with Gasteiger partial charge in [0.15, 0.2) is 5.69 Å². The third kappa shape index (κ3) is 4.37. The Balaban J connectivity index is 1.45. The average molecular weight is 410 g/mol. The highest BCUT2D eigenvalue weighted by molar-refractivity contribution is 5.98. The summed E-state index contributed by atoms with van der Waals surface area (Å²) < 4.78 is 27.7. The average Bonchev–Trinajstić information content (AvgIpc) is 3.12. The topological polar surface area (TPSA) is 67.2 Å². The van der Waals surface area contributed by atoms with Crippen LogP contribution in [0, 0.1) is 11.6 Å². The summed E-state index contributed by atoms with van der Waals surface area (Å²) in [5, 5.41) is 7.02. The summed E-state index contributed by atoms with van der Waals surface area (Å²) in [4.78, 5) is 27.1. The molecule has 0 radical (unpaired) electrons. The Morgan fingerprint density at radius 2 is 1.60 bits per heavy atom. The molecule has 6 nitrogen and oxygen atoms in total. The molecule has 0 unspecified atom stereocenters. The van der Waals surface area contributed by atoms with Crippen molar-refractivity contribution in [1.29, 1.82) is 0 Å². The van der Waals surface area contributed by atoms with Crippen molar-refractivity contribution in [2.24, 2.45) is 0 Å². The molecule has 2 aromatic carbocycles. The van der Waals surface area contributed by atoms with Gasteiger partial charge in [0, 0.05) is 32.2 Å². The van der Waals surface area contributed by atoms with Crippen LogP contribution in [0.3, 0.4) is 0 Å². The highest BCUT2D eigenvalue weighted by Crippen LogP contribution is 2.17. The molecule has 1 aliphatic heterocycles. The molecular formula is C22H20F2N4O2. The first-order valence-electron chi connectivity index (χ1n) is 9.64. The molecule has 0 spiro atoms. The Hall–Kier alpha value is -3.55. The van der Waals surface area contributed by atoms with Crippen molar-refractivity contribution in [3.63, 3.8) is 0 Å². The number of rotatable bonds is 5. The van der Waals surface area contributed by atoms with E-state index in [0.717, 1.165) is 11.1 Å². The van der Waals surface area contributed by atoms with Crippen LogP contribution in [0.2, 0.25) is 0 Å². The van der Waals surface area contributed by atoms with Crippen molar-refractivity contribution < 1.29 is 18.4 Å². The molecule has 3 aromatic rings. The summed E-state index contributed by atoms with van der Waals surface area (Å²) >= 11 is 0. The fourth-order valence-corrected chi connectivity index (χ4v) is 3.38. The predicted octanol–water partition coefficient (Wildman–Crippen LogP) is 3.14. The van der Waals surface area contributed by atoms with E-state index in [1.165, 1.54) is 30.3 Å². The molecule has 4 rings (SSSR count). The SMILES string of the molecule is O=C(NCc1ccc(F)cc1)c1cc2n(n1)CCCN(Cc1ccc(F)cc1)C2=O. The maximum atomic E-state index is 13.1. The molecule has 8 heteroatoms. The Kier molecular flexibility index (Phi) is 5.56. The number of aromatic nitrogens is 2. The Bertz CT molecular complexity index is 1060. The van der Waals surface area contributed by atoms with E-state index >= 15 is 0 Å². The summed E-state index contributed by atoms with van der Waals surface area (Å²) in [6.45, 7) is 1.65. The molecule has 1 N–H and O–H groups in total. The van der Waals surface area contributed by atoms with E-state index in [9.17, 15) is 18.4 Å². The first-order chi connectivity index (χ1) is 14.5. The van der Waals surface area contributed by atoms with Crippen molar-refractivity contribution in [3.05, 3.63) is 88.7 Å². The highest BCUT2D eigenvalue weighted by Gasteiger charge is 2.26. The third-order valence-corrected chi connectivity index (χ3v) is 4.97. The highest BCUT2D eigenvalue weighted by atomic mass is 19.1. The van der Waals surface area contributed by atoms with E-state index in [0.29, 0.717) is 31.7 Å². The van der Waals surface area contributed by atoms with Gasteiger partial charge in [-0.2, -0.15) is 5.10 Å². The molecule has 30 heavy (non-hydrogen) atoms. The van der Waals surface area contributed by atoms with Crippen molar-refractivity contribution >= 4 is 11.8 Å². The zero-order valence-electron chi connectivity index (χ0n) is 16.1. The molecule has 1 aromatic heterocycles. The van der Waals surface area contributed by atoms with Crippen molar-refractivity contribution in [2.45, 2.75) is 26.1 Å². The van der Waals surface area contributed by atoms with Crippen LogP contribution in [-0.2, 0) is 19.6 Å². The lowest BCUT2D eigenvalue weighted by atomic mass is 10.2. The molecule has 2 heterocycles. The summed E-state index contributed by atoms with van der Waals surface area (Å²) in [5.74, 6) is -1.29. The van der Waals surface area contributed by atoms with Gasteiger partial charge in [-0.25, -0.2) is 8.78 Å². The maximum absolute atomic E-state index is 13.1. The molecular weight excluding hydrogens is 390 g/mol. The molecule has 154 valence electrons. The van der Waals surface area contributed by atoms with Crippen LogP contribution >= 0.6 is 0 Å². The standard InChI is InChI=1S/C22H20F2N4O2/c23-17-6-2-15(3-7-17)13-25-21(29)19-12-20-22(30)27(10-1-11-28(20)26-19)14-16-4-8-18(24)9-5-16/h2-9,12H,1,10-11,13-14H2,(H,25,29). The van der Waals surface area contributed by atoms with Crippen LogP contribution in [-0.4, -0.2) is 33.0 Å². The first-order valence-corrected chi connectivity index (χ1v) is 9.64. The third-order valence-electron chi connectivity index (χ3n) is 4.97. The smallest absolute Gasteiger partial charge is 0.272 e. The molecule has 0 atom stereocenters. The summed E-state index contributed by atoms with van der Waals surface area (Å²) in [7, 11) is 0. The number of carbonyl (C=O) groups is 2. The number of nitrogens with one attached hydrogen (secondary N) is 1.